The molecule has 0 aliphatic heterocycles. The highest BCUT2D eigenvalue weighted by molar-refractivity contribution is 5.88. The zero-order chi connectivity index (χ0) is 23.5. The Labute approximate surface area is 199 Å². The Balaban J connectivity index is 1.58. The lowest BCUT2D eigenvalue weighted by Gasteiger charge is -2.31. The molecule has 3 aromatic carbocycles. The third-order valence-corrected chi connectivity index (χ3v) is 6.38. The summed E-state index contributed by atoms with van der Waals surface area (Å²) >= 11 is 0. The lowest BCUT2D eigenvalue weighted by atomic mass is 9.85. The Morgan fingerprint density at radius 2 is 1.53 bits per heavy atom. The highest BCUT2D eigenvalue weighted by atomic mass is 16.5. The third-order valence-electron chi connectivity index (χ3n) is 6.38. The molecule has 1 aliphatic rings. The molecular formula is C29H26N2O3. The molecule has 0 saturated heterocycles. The molecule has 0 bridgehead atoms. The molecule has 1 atom stereocenters. The van der Waals surface area contributed by atoms with Crippen LogP contribution in [0.15, 0.2) is 91.3 Å². The molecule has 0 spiro atoms. The standard InChI is InChI=1S/C29H26N2O3/c1-32-26-12-10-23(18-27(26)33-2)22-9-11-25-24(17-22)28(31-19-30-25)29(34-3)15-13-21(14-16-29)20-7-5-4-6-8-20/h4-15,17-19H,16H2,1-3H3. The normalized spacial score (nSPS) is 17.4. The molecular weight excluding hydrogens is 424 g/mol. The summed E-state index contributed by atoms with van der Waals surface area (Å²) in [7, 11) is 5.01. The SMILES string of the molecule is COc1ccc(-c2ccc3ncnc(C4(OC)C=CC(c5ccccc5)=CC4)c3c2)cc1OC. The van der Waals surface area contributed by atoms with E-state index in [0.717, 1.165) is 27.7 Å². The van der Waals surface area contributed by atoms with Crippen molar-refractivity contribution in [1.29, 1.82) is 0 Å². The maximum atomic E-state index is 6.11. The lowest BCUT2D eigenvalue weighted by molar-refractivity contribution is 0.0286. The lowest BCUT2D eigenvalue weighted by Crippen LogP contribution is -2.28. The van der Waals surface area contributed by atoms with E-state index in [0.29, 0.717) is 17.9 Å². The van der Waals surface area contributed by atoms with Gasteiger partial charge in [-0.05, 0) is 52.6 Å². The molecule has 5 rings (SSSR count). The second-order valence-electron chi connectivity index (χ2n) is 8.18. The zero-order valence-electron chi connectivity index (χ0n) is 19.5. The molecule has 0 amide bonds. The Hall–Kier alpha value is -3.96. The van der Waals surface area contributed by atoms with Gasteiger partial charge >= 0.3 is 0 Å². The van der Waals surface area contributed by atoms with Gasteiger partial charge in [0.15, 0.2) is 11.5 Å². The van der Waals surface area contributed by atoms with E-state index in [9.17, 15) is 0 Å². The van der Waals surface area contributed by atoms with Crippen LogP contribution in [0.5, 0.6) is 11.5 Å². The summed E-state index contributed by atoms with van der Waals surface area (Å²) in [6.45, 7) is 0. The van der Waals surface area contributed by atoms with Crippen LogP contribution in [0.1, 0.15) is 17.7 Å². The monoisotopic (exact) mass is 450 g/mol. The maximum Gasteiger partial charge on any atom is 0.161 e. The third kappa shape index (κ3) is 3.84. The molecule has 5 heteroatoms. The van der Waals surface area contributed by atoms with E-state index in [-0.39, 0.29) is 0 Å². The van der Waals surface area contributed by atoms with Crippen molar-refractivity contribution in [3.63, 3.8) is 0 Å². The average Bonchev–Trinajstić information content (AvgIpc) is 2.92. The van der Waals surface area contributed by atoms with Crippen molar-refractivity contribution < 1.29 is 14.2 Å². The molecule has 1 aliphatic carbocycles. The van der Waals surface area contributed by atoms with Gasteiger partial charge in [-0.25, -0.2) is 9.97 Å². The minimum absolute atomic E-state index is 0.671. The fraction of sp³-hybridized carbons (Fsp3) is 0.172. The van der Waals surface area contributed by atoms with Gasteiger partial charge in [0, 0.05) is 18.9 Å². The molecule has 1 heterocycles. The number of nitrogens with zero attached hydrogens (tertiary/aromatic N) is 2. The number of benzene rings is 3. The van der Waals surface area contributed by atoms with E-state index in [4.69, 9.17) is 19.2 Å². The van der Waals surface area contributed by atoms with Gasteiger partial charge in [0.25, 0.3) is 0 Å². The summed E-state index contributed by atoms with van der Waals surface area (Å²) in [6, 6.07) is 22.5. The van der Waals surface area contributed by atoms with Crippen LogP contribution in [0.2, 0.25) is 0 Å². The van der Waals surface area contributed by atoms with Crippen LogP contribution < -0.4 is 9.47 Å². The van der Waals surface area contributed by atoms with Gasteiger partial charge in [-0.3, -0.25) is 0 Å². The quantitative estimate of drug-likeness (QED) is 0.350. The first-order valence-electron chi connectivity index (χ1n) is 11.1. The van der Waals surface area contributed by atoms with Crippen LogP contribution in [0.25, 0.3) is 27.6 Å². The molecule has 5 nitrogen and oxygen atoms in total. The Kier molecular flexibility index (Phi) is 5.86. The van der Waals surface area contributed by atoms with Gasteiger partial charge < -0.3 is 14.2 Å². The Morgan fingerprint density at radius 1 is 0.765 bits per heavy atom. The second-order valence-corrected chi connectivity index (χ2v) is 8.18. The number of hydrogen-bond acceptors (Lipinski definition) is 5. The van der Waals surface area contributed by atoms with E-state index in [1.165, 1.54) is 11.1 Å². The number of rotatable bonds is 6. The number of aromatic nitrogens is 2. The van der Waals surface area contributed by atoms with Crippen molar-refractivity contribution in [1.82, 2.24) is 9.97 Å². The molecule has 0 N–H and O–H groups in total. The Morgan fingerprint density at radius 3 is 2.24 bits per heavy atom. The van der Waals surface area contributed by atoms with Crippen molar-refractivity contribution in [2.24, 2.45) is 0 Å². The van der Waals surface area contributed by atoms with Crippen LogP contribution in [-0.2, 0) is 10.3 Å². The van der Waals surface area contributed by atoms with Gasteiger partial charge in [0.1, 0.15) is 11.9 Å². The van der Waals surface area contributed by atoms with Crippen LogP contribution in [-0.4, -0.2) is 31.3 Å². The van der Waals surface area contributed by atoms with E-state index in [1.807, 2.05) is 30.3 Å². The molecule has 0 fully saturated rings. The summed E-state index contributed by atoms with van der Waals surface area (Å²) in [5, 5.41) is 0.956. The van der Waals surface area contributed by atoms with Crippen molar-refractivity contribution in [3.8, 4) is 22.6 Å². The van der Waals surface area contributed by atoms with Crippen LogP contribution in [0, 0.1) is 0 Å². The first-order valence-corrected chi connectivity index (χ1v) is 11.1. The molecule has 170 valence electrons. The van der Waals surface area contributed by atoms with Gasteiger partial charge in [0.2, 0.25) is 0 Å². The van der Waals surface area contributed by atoms with E-state index >= 15 is 0 Å². The zero-order valence-corrected chi connectivity index (χ0v) is 19.5. The molecule has 0 saturated carbocycles. The summed E-state index contributed by atoms with van der Waals surface area (Å²) in [5.41, 5.74) is 5.47. The smallest absolute Gasteiger partial charge is 0.161 e. The van der Waals surface area contributed by atoms with Gasteiger partial charge in [-0.2, -0.15) is 0 Å². The first kappa shape index (κ1) is 21.9. The van der Waals surface area contributed by atoms with Crippen LogP contribution >= 0.6 is 0 Å². The predicted molar refractivity (Wildman–Crippen MR) is 135 cm³/mol. The number of allylic oxidation sites excluding steroid dienone is 2. The number of hydrogen-bond donors (Lipinski definition) is 0. The van der Waals surface area contributed by atoms with Crippen LogP contribution in [0.4, 0.5) is 0 Å². The molecule has 4 aromatic rings. The van der Waals surface area contributed by atoms with Crippen LogP contribution in [0.3, 0.4) is 0 Å². The first-order chi connectivity index (χ1) is 16.7. The Bertz CT molecular complexity index is 1400. The average molecular weight is 451 g/mol. The fourth-order valence-electron chi connectivity index (χ4n) is 4.48. The summed E-state index contributed by atoms with van der Waals surface area (Å²) < 4.78 is 17.0. The van der Waals surface area contributed by atoms with E-state index in [1.54, 1.807) is 27.7 Å². The fourth-order valence-corrected chi connectivity index (χ4v) is 4.48. The van der Waals surface area contributed by atoms with Gasteiger partial charge in [-0.15, -0.1) is 0 Å². The largest absolute Gasteiger partial charge is 0.493 e. The van der Waals surface area contributed by atoms with E-state index < -0.39 is 5.60 Å². The molecule has 1 aromatic heterocycles. The highest BCUT2D eigenvalue weighted by Crippen LogP contribution is 2.40. The molecule has 34 heavy (non-hydrogen) atoms. The summed E-state index contributed by atoms with van der Waals surface area (Å²) in [6.07, 6.45) is 8.73. The van der Waals surface area contributed by atoms with E-state index in [2.05, 4.69) is 59.6 Å². The summed E-state index contributed by atoms with van der Waals surface area (Å²) in [5.74, 6) is 1.38. The topological polar surface area (TPSA) is 53.5 Å². The number of methoxy groups -OCH3 is 3. The van der Waals surface area contributed by atoms with Gasteiger partial charge in [-0.1, -0.05) is 54.6 Å². The molecule has 1 unspecified atom stereocenters. The minimum atomic E-state index is -0.671. The number of fused-ring (bicyclic) bond motifs is 1. The van der Waals surface area contributed by atoms with Crippen molar-refractivity contribution in [3.05, 3.63) is 103 Å². The minimum Gasteiger partial charge on any atom is -0.493 e. The van der Waals surface area contributed by atoms with Crippen molar-refractivity contribution >= 4 is 16.5 Å². The van der Waals surface area contributed by atoms with Crippen molar-refractivity contribution in [2.75, 3.05) is 21.3 Å². The van der Waals surface area contributed by atoms with Crippen molar-refractivity contribution in [2.45, 2.75) is 12.0 Å². The highest BCUT2D eigenvalue weighted by Gasteiger charge is 2.34. The number of ether oxygens (including phenoxy) is 3. The molecule has 0 radical (unpaired) electrons. The maximum absolute atomic E-state index is 6.11. The second kappa shape index (κ2) is 9.12. The predicted octanol–water partition coefficient (Wildman–Crippen LogP) is 6.20. The van der Waals surface area contributed by atoms with Gasteiger partial charge in [0.05, 0.1) is 25.4 Å². The summed E-state index contributed by atoms with van der Waals surface area (Å²) in [4.78, 5) is 9.22.